The third-order valence-corrected chi connectivity index (χ3v) is 6.84. The van der Waals surface area contributed by atoms with E-state index in [1.165, 1.54) is 12.8 Å². The van der Waals surface area contributed by atoms with E-state index >= 15 is 0 Å². The number of likely N-dealkylation sites (tertiary alicyclic amines) is 1. The summed E-state index contributed by atoms with van der Waals surface area (Å²) in [5, 5.41) is 3.99. The van der Waals surface area contributed by atoms with E-state index in [9.17, 15) is 9.59 Å². The highest BCUT2D eigenvalue weighted by Crippen LogP contribution is 2.36. The number of hydrogen-bond acceptors (Lipinski definition) is 6. The van der Waals surface area contributed by atoms with E-state index in [4.69, 9.17) is 14.5 Å². The van der Waals surface area contributed by atoms with Crippen LogP contribution in [0.25, 0.3) is 0 Å². The molecular weight excluding hydrogens is 406 g/mol. The summed E-state index contributed by atoms with van der Waals surface area (Å²) in [7, 11) is 0. The molecule has 8 nitrogen and oxygen atoms in total. The minimum Gasteiger partial charge on any atom is -0.361 e. The minimum atomic E-state index is -0.0963. The number of hydrogen-bond donors (Lipinski definition) is 0. The fraction of sp³-hybridized carbons (Fsp3) is 0.625. The van der Waals surface area contributed by atoms with Gasteiger partial charge in [-0.05, 0) is 51.4 Å². The Kier molecular flexibility index (Phi) is 5.69. The SMILES string of the molecule is CCCc1cc(C(=O)N2CCC[C@@H](c3nc(C)c4c(n3)N(CC3CC3)C(=O)CC4)C2)no1. The van der Waals surface area contributed by atoms with Gasteiger partial charge in [-0.15, -0.1) is 0 Å². The van der Waals surface area contributed by atoms with Gasteiger partial charge in [-0.2, -0.15) is 0 Å². The van der Waals surface area contributed by atoms with Gasteiger partial charge < -0.3 is 9.42 Å². The first-order valence-corrected chi connectivity index (χ1v) is 12.0. The number of carbonyl (C=O) groups is 2. The number of amides is 2. The topological polar surface area (TPSA) is 92.4 Å². The van der Waals surface area contributed by atoms with E-state index in [1.54, 1.807) is 6.07 Å². The van der Waals surface area contributed by atoms with Crippen LogP contribution in [0, 0.1) is 12.8 Å². The van der Waals surface area contributed by atoms with Gasteiger partial charge in [-0.3, -0.25) is 14.5 Å². The van der Waals surface area contributed by atoms with Crippen LogP contribution in [0.5, 0.6) is 0 Å². The van der Waals surface area contributed by atoms with E-state index in [-0.39, 0.29) is 17.7 Å². The molecule has 2 fully saturated rings. The summed E-state index contributed by atoms with van der Waals surface area (Å²) in [6.07, 6.45) is 7.18. The van der Waals surface area contributed by atoms with Gasteiger partial charge in [0, 0.05) is 55.7 Å². The Labute approximate surface area is 188 Å². The zero-order valence-electron chi connectivity index (χ0n) is 19.0. The summed E-state index contributed by atoms with van der Waals surface area (Å²) >= 11 is 0. The van der Waals surface area contributed by atoms with Crippen molar-refractivity contribution in [3.05, 3.63) is 34.6 Å². The fourth-order valence-corrected chi connectivity index (χ4v) is 4.84. The Morgan fingerprint density at radius 1 is 1.22 bits per heavy atom. The fourth-order valence-electron chi connectivity index (χ4n) is 4.84. The molecular formula is C24H31N5O3. The summed E-state index contributed by atoms with van der Waals surface area (Å²) in [4.78, 5) is 39.2. The first-order valence-electron chi connectivity index (χ1n) is 12.0. The second kappa shape index (κ2) is 8.64. The Hall–Kier alpha value is -2.77. The van der Waals surface area contributed by atoms with Crippen molar-refractivity contribution in [3.63, 3.8) is 0 Å². The summed E-state index contributed by atoms with van der Waals surface area (Å²) in [5.74, 6) is 3.04. The van der Waals surface area contributed by atoms with Crippen LogP contribution in [-0.4, -0.2) is 51.5 Å². The van der Waals surface area contributed by atoms with Crippen LogP contribution in [0.2, 0.25) is 0 Å². The number of aromatic nitrogens is 3. The van der Waals surface area contributed by atoms with Gasteiger partial charge in [0.15, 0.2) is 5.69 Å². The molecule has 2 amide bonds. The van der Waals surface area contributed by atoms with Crippen molar-refractivity contribution in [2.24, 2.45) is 5.92 Å². The van der Waals surface area contributed by atoms with Gasteiger partial charge in [0.1, 0.15) is 17.4 Å². The van der Waals surface area contributed by atoms with Crippen LogP contribution in [0.3, 0.4) is 0 Å². The van der Waals surface area contributed by atoms with Gasteiger partial charge in [-0.25, -0.2) is 9.97 Å². The highest BCUT2D eigenvalue weighted by atomic mass is 16.5. The molecule has 1 saturated heterocycles. The third-order valence-electron chi connectivity index (χ3n) is 6.84. The molecule has 8 heteroatoms. The predicted molar refractivity (Wildman–Crippen MR) is 119 cm³/mol. The van der Waals surface area contributed by atoms with E-state index in [0.717, 1.165) is 60.9 Å². The minimum absolute atomic E-state index is 0.0542. The van der Waals surface area contributed by atoms with Crippen molar-refractivity contribution < 1.29 is 14.1 Å². The number of piperidine rings is 1. The number of fused-ring (bicyclic) bond motifs is 1. The molecule has 0 unspecified atom stereocenters. The average molecular weight is 438 g/mol. The molecule has 4 heterocycles. The van der Waals surface area contributed by atoms with Crippen molar-refractivity contribution >= 4 is 17.6 Å². The molecule has 1 aliphatic carbocycles. The zero-order chi connectivity index (χ0) is 22.2. The summed E-state index contributed by atoms with van der Waals surface area (Å²) < 4.78 is 5.31. The number of anilines is 1. The lowest BCUT2D eigenvalue weighted by Crippen LogP contribution is -2.41. The van der Waals surface area contributed by atoms with Crippen molar-refractivity contribution in [3.8, 4) is 0 Å². The molecule has 0 bridgehead atoms. The first-order chi connectivity index (χ1) is 15.5. The second-order valence-corrected chi connectivity index (χ2v) is 9.44. The zero-order valence-corrected chi connectivity index (χ0v) is 19.0. The van der Waals surface area contributed by atoms with Crippen molar-refractivity contribution in [2.75, 3.05) is 24.5 Å². The molecule has 170 valence electrons. The largest absolute Gasteiger partial charge is 0.361 e. The normalized spacial score (nSPS) is 21.1. The van der Waals surface area contributed by atoms with E-state index < -0.39 is 0 Å². The number of nitrogens with zero attached hydrogens (tertiary/aromatic N) is 5. The summed E-state index contributed by atoms with van der Waals surface area (Å²) in [6, 6.07) is 1.76. The van der Waals surface area contributed by atoms with Gasteiger partial charge in [0.2, 0.25) is 5.91 Å². The lowest BCUT2D eigenvalue weighted by Gasteiger charge is -2.33. The number of carbonyl (C=O) groups excluding carboxylic acids is 2. The van der Waals surface area contributed by atoms with Gasteiger partial charge in [0.05, 0.1) is 0 Å². The van der Waals surface area contributed by atoms with Crippen molar-refractivity contribution in [1.29, 1.82) is 0 Å². The molecule has 0 N–H and O–H groups in total. The Balaban J connectivity index is 1.37. The van der Waals surface area contributed by atoms with Crippen molar-refractivity contribution in [1.82, 2.24) is 20.0 Å². The lowest BCUT2D eigenvalue weighted by atomic mass is 9.95. The summed E-state index contributed by atoms with van der Waals surface area (Å²) in [5.41, 5.74) is 2.43. The maximum atomic E-state index is 13.0. The van der Waals surface area contributed by atoms with E-state index in [2.05, 4.69) is 12.1 Å². The van der Waals surface area contributed by atoms with Crippen LogP contribution in [0.15, 0.2) is 10.6 Å². The Morgan fingerprint density at radius 3 is 2.84 bits per heavy atom. The van der Waals surface area contributed by atoms with Crippen LogP contribution < -0.4 is 4.90 Å². The third kappa shape index (κ3) is 4.14. The Bertz CT molecular complexity index is 1030. The van der Waals surface area contributed by atoms with Crippen molar-refractivity contribution in [2.45, 2.75) is 71.1 Å². The van der Waals surface area contributed by atoms with Gasteiger partial charge in [-0.1, -0.05) is 12.1 Å². The molecule has 32 heavy (non-hydrogen) atoms. The standard InChI is InChI=1S/C24H31N5O3/c1-3-5-18-12-20(27-32-18)24(31)28-11-4-6-17(14-28)22-25-15(2)19-9-10-21(30)29(23(19)26-22)13-16-7-8-16/h12,16-17H,3-11,13-14H2,1-2H3/t17-/m1/s1. The second-order valence-electron chi connectivity index (χ2n) is 9.44. The van der Waals surface area contributed by atoms with Gasteiger partial charge >= 0.3 is 0 Å². The molecule has 2 aromatic rings. The van der Waals surface area contributed by atoms with Crippen LogP contribution in [0.1, 0.15) is 84.7 Å². The summed E-state index contributed by atoms with van der Waals surface area (Å²) in [6.45, 7) is 6.11. The molecule has 1 atom stereocenters. The highest BCUT2D eigenvalue weighted by Gasteiger charge is 2.35. The maximum Gasteiger partial charge on any atom is 0.276 e. The molecule has 3 aliphatic rings. The van der Waals surface area contributed by atoms with Crippen LogP contribution >= 0.6 is 0 Å². The molecule has 0 aromatic carbocycles. The average Bonchev–Trinajstić information content (AvgIpc) is 3.50. The first kappa shape index (κ1) is 21.1. The lowest BCUT2D eigenvalue weighted by molar-refractivity contribution is -0.119. The molecule has 1 saturated carbocycles. The van der Waals surface area contributed by atoms with Gasteiger partial charge in [0.25, 0.3) is 5.91 Å². The molecule has 0 radical (unpaired) electrons. The van der Waals surface area contributed by atoms with E-state index in [1.807, 2.05) is 16.7 Å². The molecule has 2 aromatic heterocycles. The maximum absolute atomic E-state index is 13.0. The van der Waals surface area contributed by atoms with Crippen LogP contribution in [0.4, 0.5) is 5.82 Å². The monoisotopic (exact) mass is 437 g/mol. The number of rotatable bonds is 6. The number of aryl methyl sites for hydroxylation is 2. The van der Waals surface area contributed by atoms with Crippen LogP contribution in [-0.2, 0) is 17.6 Å². The molecule has 5 rings (SSSR count). The quantitative estimate of drug-likeness (QED) is 0.687. The smallest absolute Gasteiger partial charge is 0.276 e. The van der Waals surface area contributed by atoms with E-state index in [0.29, 0.717) is 37.5 Å². The predicted octanol–water partition coefficient (Wildman–Crippen LogP) is 3.43. The highest BCUT2D eigenvalue weighted by molar-refractivity contribution is 5.95. The molecule has 0 spiro atoms. The molecule has 2 aliphatic heterocycles. The Morgan fingerprint density at radius 2 is 2.06 bits per heavy atom.